The number of amides is 1. The van der Waals surface area contributed by atoms with Crippen molar-refractivity contribution in [3.63, 3.8) is 0 Å². The maximum absolute atomic E-state index is 13.0. The largest absolute Gasteiger partial charge is 0.497 e. The number of methoxy groups -OCH3 is 1. The molecule has 1 N–H and O–H groups in total. The summed E-state index contributed by atoms with van der Waals surface area (Å²) in [6.07, 6.45) is -4.42. The van der Waals surface area contributed by atoms with E-state index in [4.69, 9.17) is 13.9 Å². The second-order valence-corrected chi connectivity index (χ2v) is 8.09. The Morgan fingerprint density at radius 2 is 1.78 bits per heavy atom. The normalized spacial score (nSPS) is 11.4. The first-order valence-corrected chi connectivity index (χ1v) is 11.0. The number of ether oxygens (including phenoxy) is 2. The Hall–Kier alpha value is -4.21. The van der Waals surface area contributed by atoms with Crippen LogP contribution >= 0.6 is 0 Å². The number of hydrogen-bond acceptors (Lipinski definition) is 5. The van der Waals surface area contributed by atoms with Gasteiger partial charge in [0.05, 0.1) is 36.3 Å². The van der Waals surface area contributed by atoms with E-state index in [9.17, 15) is 18.0 Å². The van der Waals surface area contributed by atoms with E-state index < -0.39 is 17.6 Å². The highest BCUT2D eigenvalue weighted by molar-refractivity contribution is 6.02. The summed E-state index contributed by atoms with van der Waals surface area (Å²) in [7, 11) is 1.58. The maximum Gasteiger partial charge on any atom is 0.416 e. The van der Waals surface area contributed by atoms with Crippen LogP contribution in [-0.4, -0.2) is 22.8 Å². The molecular weight excluding hydrogens is 475 g/mol. The number of carbonyl (C=O) groups excluding carboxylic acids is 1. The minimum atomic E-state index is -4.42. The highest BCUT2D eigenvalue weighted by atomic mass is 19.4. The molecule has 2 heterocycles. The Morgan fingerprint density at radius 1 is 1.06 bits per heavy atom. The average Bonchev–Trinajstić information content (AvgIpc) is 3.43. The molecule has 188 valence electrons. The highest BCUT2D eigenvalue weighted by Gasteiger charge is 2.30. The Kier molecular flexibility index (Phi) is 7.05. The van der Waals surface area contributed by atoms with Gasteiger partial charge in [0.2, 0.25) is 0 Å². The zero-order chi connectivity index (χ0) is 25.9. The minimum Gasteiger partial charge on any atom is -0.497 e. The Balaban J connectivity index is 1.41. The van der Waals surface area contributed by atoms with Gasteiger partial charge in [0.1, 0.15) is 23.9 Å². The number of furan rings is 1. The number of nitrogens with one attached hydrogen (secondary N) is 1. The molecule has 4 rings (SSSR count). The summed E-state index contributed by atoms with van der Waals surface area (Å²) in [4.78, 5) is 12.8. The second kappa shape index (κ2) is 10.2. The number of hydrogen-bond donors (Lipinski definition) is 1. The number of aromatic nitrogens is 2. The highest BCUT2D eigenvalue weighted by Crippen LogP contribution is 2.30. The van der Waals surface area contributed by atoms with E-state index in [0.29, 0.717) is 39.9 Å². The Morgan fingerprint density at radius 3 is 2.47 bits per heavy atom. The molecule has 4 aromatic rings. The molecule has 2 aromatic carbocycles. The van der Waals surface area contributed by atoms with Crippen molar-refractivity contribution in [2.75, 3.05) is 12.4 Å². The number of nitrogens with zero attached hydrogens (tertiary/aromatic N) is 2. The van der Waals surface area contributed by atoms with Gasteiger partial charge in [0.15, 0.2) is 5.76 Å². The number of alkyl halides is 3. The molecule has 7 nitrogen and oxygen atoms in total. The molecule has 0 atom stereocenters. The Labute approximate surface area is 205 Å². The molecule has 0 saturated carbocycles. The number of carbonyl (C=O) groups is 1. The molecule has 10 heteroatoms. The fraction of sp³-hybridized carbons (Fsp3) is 0.231. The van der Waals surface area contributed by atoms with Crippen LogP contribution in [0.5, 0.6) is 11.5 Å². The summed E-state index contributed by atoms with van der Waals surface area (Å²) in [5.41, 5.74) is 1.33. The first-order valence-electron chi connectivity index (χ1n) is 11.0. The van der Waals surface area contributed by atoms with Crippen LogP contribution < -0.4 is 14.8 Å². The third-order valence-corrected chi connectivity index (χ3v) is 5.53. The van der Waals surface area contributed by atoms with E-state index in [1.807, 2.05) is 0 Å². The molecule has 0 radical (unpaired) electrons. The zero-order valence-electron chi connectivity index (χ0n) is 19.8. The number of rotatable bonds is 8. The van der Waals surface area contributed by atoms with Crippen molar-refractivity contribution >= 4 is 11.6 Å². The summed E-state index contributed by atoms with van der Waals surface area (Å²) in [5, 5.41) is 7.17. The van der Waals surface area contributed by atoms with Crippen molar-refractivity contribution in [1.29, 1.82) is 0 Å². The monoisotopic (exact) mass is 499 g/mol. The smallest absolute Gasteiger partial charge is 0.416 e. The maximum atomic E-state index is 13.0. The van der Waals surface area contributed by atoms with Gasteiger partial charge in [0, 0.05) is 0 Å². The summed E-state index contributed by atoms with van der Waals surface area (Å²) < 4.78 is 57.0. The first kappa shape index (κ1) is 24.9. The van der Waals surface area contributed by atoms with Crippen LogP contribution in [-0.2, 0) is 19.3 Å². The van der Waals surface area contributed by atoms with Gasteiger partial charge in [-0.25, -0.2) is 0 Å². The second-order valence-electron chi connectivity index (χ2n) is 8.09. The Bertz CT molecular complexity index is 1360. The predicted molar refractivity (Wildman–Crippen MR) is 126 cm³/mol. The zero-order valence-corrected chi connectivity index (χ0v) is 19.8. The molecule has 2 aromatic heterocycles. The van der Waals surface area contributed by atoms with Gasteiger partial charge in [-0.2, -0.15) is 18.3 Å². The number of benzene rings is 2. The first-order chi connectivity index (χ1) is 17.1. The van der Waals surface area contributed by atoms with Gasteiger partial charge < -0.3 is 19.2 Å². The molecule has 0 saturated heterocycles. The third kappa shape index (κ3) is 5.70. The van der Waals surface area contributed by atoms with Gasteiger partial charge >= 0.3 is 6.18 Å². The van der Waals surface area contributed by atoms with E-state index >= 15 is 0 Å². The van der Waals surface area contributed by atoms with E-state index in [1.54, 1.807) is 68.1 Å². The van der Waals surface area contributed by atoms with Gasteiger partial charge in [-0.1, -0.05) is 12.1 Å². The van der Waals surface area contributed by atoms with Crippen molar-refractivity contribution in [2.24, 2.45) is 0 Å². The van der Waals surface area contributed by atoms with Crippen LogP contribution in [0.2, 0.25) is 0 Å². The van der Waals surface area contributed by atoms with Crippen LogP contribution in [0, 0.1) is 13.8 Å². The molecule has 1 amide bonds. The lowest BCUT2D eigenvalue weighted by Crippen LogP contribution is -2.13. The van der Waals surface area contributed by atoms with Crippen LogP contribution in [0.1, 0.15) is 38.8 Å². The molecular formula is C26H24F3N3O4. The lowest BCUT2D eigenvalue weighted by molar-refractivity contribution is -0.137. The number of halogens is 3. The third-order valence-electron chi connectivity index (χ3n) is 5.53. The van der Waals surface area contributed by atoms with Crippen LogP contribution in [0.25, 0.3) is 0 Å². The van der Waals surface area contributed by atoms with Crippen molar-refractivity contribution in [3.8, 4) is 11.5 Å². The van der Waals surface area contributed by atoms with Crippen molar-refractivity contribution < 1.29 is 31.9 Å². The minimum absolute atomic E-state index is 0.0905. The average molecular weight is 499 g/mol. The molecule has 0 bridgehead atoms. The quantitative estimate of drug-likeness (QED) is 0.322. The number of aryl methyl sites for hydroxylation is 1. The molecule has 0 unspecified atom stereocenters. The summed E-state index contributed by atoms with van der Waals surface area (Å²) in [6.45, 7) is 3.70. The summed E-state index contributed by atoms with van der Waals surface area (Å²) in [5.74, 6) is 1.41. The van der Waals surface area contributed by atoms with Crippen LogP contribution in [0.3, 0.4) is 0 Å². The molecule has 0 fully saturated rings. The van der Waals surface area contributed by atoms with E-state index in [0.717, 1.165) is 12.1 Å². The lowest BCUT2D eigenvalue weighted by atomic mass is 10.1. The fourth-order valence-corrected chi connectivity index (χ4v) is 3.63. The number of anilines is 1. The molecule has 0 aliphatic carbocycles. The standard InChI is InChI=1S/C26H24F3N3O4/c1-16-24(17(2)32(31-16)14-18-5-4-6-19(13-18)26(27,28)29)30-25(33)23-12-11-22(36-23)15-35-21-9-7-20(34-3)8-10-21/h4-13H,14-15H2,1-3H3,(H,30,33). The van der Waals surface area contributed by atoms with Gasteiger partial charge in [-0.3, -0.25) is 9.48 Å². The SMILES string of the molecule is COc1ccc(OCc2ccc(C(=O)Nc3c(C)nn(Cc4cccc(C(F)(F)F)c4)c3C)o2)cc1. The van der Waals surface area contributed by atoms with E-state index in [-0.39, 0.29) is 18.9 Å². The molecule has 0 spiro atoms. The van der Waals surface area contributed by atoms with Crippen molar-refractivity contribution in [2.45, 2.75) is 33.2 Å². The van der Waals surface area contributed by atoms with E-state index in [1.165, 1.54) is 6.07 Å². The molecule has 0 aliphatic heterocycles. The van der Waals surface area contributed by atoms with Gasteiger partial charge in [-0.15, -0.1) is 0 Å². The lowest BCUT2D eigenvalue weighted by Gasteiger charge is -2.10. The molecule has 36 heavy (non-hydrogen) atoms. The topological polar surface area (TPSA) is 78.5 Å². The van der Waals surface area contributed by atoms with Gasteiger partial charge in [-0.05, 0) is 67.9 Å². The van der Waals surface area contributed by atoms with Crippen molar-refractivity contribution in [3.05, 3.63) is 94.7 Å². The molecule has 0 aliphatic rings. The van der Waals surface area contributed by atoms with Crippen LogP contribution in [0.15, 0.2) is 65.1 Å². The van der Waals surface area contributed by atoms with Gasteiger partial charge in [0.25, 0.3) is 5.91 Å². The van der Waals surface area contributed by atoms with Crippen molar-refractivity contribution in [1.82, 2.24) is 9.78 Å². The fourth-order valence-electron chi connectivity index (χ4n) is 3.63. The predicted octanol–water partition coefficient (Wildman–Crippen LogP) is 6.00. The summed E-state index contributed by atoms with van der Waals surface area (Å²) >= 11 is 0. The van der Waals surface area contributed by atoms with Crippen LogP contribution in [0.4, 0.5) is 18.9 Å². The summed E-state index contributed by atoms with van der Waals surface area (Å²) in [6, 6.07) is 15.3. The van der Waals surface area contributed by atoms with E-state index in [2.05, 4.69) is 10.4 Å².